The number of anilines is 1. The predicted octanol–water partition coefficient (Wildman–Crippen LogP) is 2.58. The molecule has 0 saturated carbocycles. The number of likely N-dealkylation sites (tertiary alicyclic amines) is 2. The van der Waals surface area contributed by atoms with Crippen LogP contribution in [0.25, 0.3) is 0 Å². The Hall–Kier alpha value is -1.79. The number of rotatable bonds is 2. The van der Waals surface area contributed by atoms with Crippen molar-refractivity contribution in [2.45, 2.75) is 31.5 Å². The zero-order valence-corrected chi connectivity index (χ0v) is 14.7. The van der Waals surface area contributed by atoms with Gasteiger partial charge in [-0.25, -0.2) is 4.79 Å². The summed E-state index contributed by atoms with van der Waals surface area (Å²) in [4.78, 5) is 28.9. The van der Waals surface area contributed by atoms with E-state index in [2.05, 4.69) is 5.32 Å². The number of carbonyl (C=O) groups excluding carboxylic acids is 2. The largest absolute Gasteiger partial charge is 0.370 e. The van der Waals surface area contributed by atoms with Crippen molar-refractivity contribution in [1.82, 2.24) is 9.80 Å². The fourth-order valence-corrected chi connectivity index (χ4v) is 4.12. The van der Waals surface area contributed by atoms with Gasteiger partial charge < -0.3 is 19.9 Å². The molecule has 3 aliphatic heterocycles. The van der Waals surface area contributed by atoms with Crippen molar-refractivity contribution in [2.24, 2.45) is 5.92 Å². The molecule has 1 aromatic carbocycles. The lowest BCUT2D eigenvalue weighted by Crippen LogP contribution is -2.49. The molecule has 0 aliphatic carbocycles. The maximum atomic E-state index is 12.7. The van der Waals surface area contributed by atoms with Crippen molar-refractivity contribution in [1.29, 1.82) is 0 Å². The normalized spacial score (nSPS) is 28.3. The van der Waals surface area contributed by atoms with Crippen molar-refractivity contribution in [3.63, 3.8) is 0 Å². The first kappa shape index (κ1) is 16.7. The fraction of sp³-hybridized carbons (Fsp3) is 0.556. The average molecular weight is 364 g/mol. The Bertz CT molecular complexity index is 660. The minimum atomic E-state index is -0.192. The molecule has 3 heterocycles. The van der Waals surface area contributed by atoms with Gasteiger partial charge in [-0.2, -0.15) is 0 Å². The van der Waals surface area contributed by atoms with Crippen molar-refractivity contribution < 1.29 is 14.3 Å². The maximum Gasteiger partial charge on any atom is 0.322 e. The summed E-state index contributed by atoms with van der Waals surface area (Å²) in [5, 5.41) is 3.51. The number of nitrogens with one attached hydrogen (secondary N) is 1. The first-order valence-electron chi connectivity index (χ1n) is 8.86. The lowest BCUT2D eigenvalue weighted by atomic mass is 9.99. The number of urea groups is 1. The summed E-state index contributed by atoms with van der Waals surface area (Å²) in [6.45, 7) is 2.70. The second-order valence-corrected chi connectivity index (χ2v) is 7.45. The lowest BCUT2D eigenvalue weighted by molar-refractivity contribution is -0.137. The van der Waals surface area contributed by atoms with Gasteiger partial charge in [0.15, 0.2) is 0 Å². The first-order chi connectivity index (χ1) is 12.1. The van der Waals surface area contributed by atoms with Crippen LogP contribution in [0.15, 0.2) is 24.3 Å². The zero-order chi connectivity index (χ0) is 17.4. The standard InChI is InChI=1S/C18H22ClN3O3/c19-12-3-5-13(6-4-12)20-18(24)22-10-14-9-15(16(11-22)25-14)17(23)21-7-1-2-8-21/h3-6,14-16H,1-2,7-11H2,(H,20,24)/t14-,15+,16-/m1/s1. The van der Waals surface area contributed by atoms with Crippen LogP contribution in [-0.2, 0) is 9.53 Å². The second-order valence-electron chi connectivity index (χ2n) is 7.01. The molecule has 0 aromatic heterocycles. The maximum absolute atomic E-state index is 12.7. The van der Waals surface area contributed by atoms with E-state index in [0.29, 0.717) is 30.2 Å². The van der Waals surface area contributed by atoms with Crippen molar-refractivity contribution in [2.75, 3.05) is 31.5 Å². The number of halogens is 1. The number of hydrogen-bond acceptors (Lipinski definition) is 3. The topological polar surface area (TPSA) is 61.9 Å². The highest BCUT2D eigenvalue weighted by Gasteiger charge is 2.47. The number of nitrogens with zero attached hydrogens (tertiary/aromatic N) is 2. The van der Waals surface area contributed by atoms with E-state index in [0.717, 1.165) is 25.9 Å². The van der Waals surface area contributed by atoms with Gasteiger partial charge in [0, 0.05) is 36.9 Å². The summed E-state index contributed by atoms with van der Waals surface area (Å²) in [7, 11) is 0. The van der Waals surface area contributed by atoms with E-state index in [4.69, 9.17) is 16.3 Å². The monoisotopic (exact) mass is 363 g/mol. The molecule has 1 aromatic rings. The molecule has 134 valence electrons. The molecule has 3 saturated heterocycles. The number of morpholine rings is 1. The van der Waals surface area contributed by atoms with E-state index < -0.39 is 0 Å². The summed E-state index contributed by atoms with van der Waals surface area (Å²) in [6, 6.07) is 6.87. The minimum absolute atomic E-state index is 0.0497. The van der Waals surface area contributed by atoms with E-state index in [1.54, 1.807) is 29.2 Å². The average Bonchev–Trinajstić information content (AvgIpc) is 3.24. The van der Waals surface area contributed by atoms with Crippen LogP contribution in [-0.4, -0.2) is 60.1 Å². The molecular weight excluding hydrogens is 342 g/mol. The predicted molar refractivity (Wildman–Crippen MR) is 94.6 cm³/mol. The van der Waals surface area contributed by atoms with Crippen LogP contribution in [0.5, 0.6) is 0 Å². The van der Waals surface area contributed by atoms with Gasteiger partial charge in [0.1, 0.15) is 0 Å². The van der Waals surface area contributed by atoms with Crippen LogP contribution in [0.4, 0.5) is 10.5 Å². The van der Waals surface area contributed by atoms with Gasteiger partial charge in [0.25, 0.3) is 0 Å². The van der Waals surface area contributed by atoms with Crippen molar-refractivity contribution in [3.05, 3.63) is 29.3 Å². The van der Waals surface area contributed by atoms with Gasteiger partial charge in [-0.05, 0) is 43.5 Å². The molecule has 0 spiro atoms. The number of carbonyl (C=O) groups is 2. The number of ether oxygens (including phenoxy) is 1. The molecule has 3 amide bonds. The summed E-state index contributed by atoms with van der Waals surface area (Å²) in [5.41, 5.74) is 0.706. The van der Waals surface area contributed by atoms with Gasteiger partial charge in [0.05, 0.1) is 18.1 Å². The third-order valence-electron chi connectivity index (χ3n) is 5.27. The molecule has 7 heteroatoms. The van der Waals surface area contributed by atoms with Crippen molar-refractivity contribution in [3.8, 4) is 0 Å². The van der Waals surface area contributed by atoms with Crippen LogP contribution in [0.3, 0.4) is 0 Å². The van der Waals surface area contributed by atoms with Gasteiger partial charge in [-0.1, -0.05) is 11.6 Å². The molecule has 25 heavy (non-hydrogen) atoms. The Morgan fingerprint density at radius 1 is 1.08 bits per heavy atom. The van der Waals surface area contributed by atoms with Crippen LogP contribution >= 0.6 is 11.6 Å². The van der Waals surface area contributed by atoms with E-state index >= 15 is 0 Å². The summed E-state index contributed by atoms with van der Waals surface area (Å²) < 4.78 is 5.95. The van der Waals surface area contributed by atoms with E-state index in [1.165, 1.54) is 0 Å². The third-order valence-corrected chi connectivity index (χ3v) is 5.53. The summed E-state index contributed by atoms with van der Waals surface area (Å²) in [5.74, 6) is 0.0846. The molecular formula is C18H22ClN3O3. The van der Waals surface area contributed by atoms with Crippen LogP contribution < -0.4 is 5.32 Å². The van der Waals surface area contributed by atoms with E-state index in [1.807, 2.05) is 4.90 Å². The zero-order valence-electron chi connectivity index (χ0n) is 14.0. The smallest absolute Gasteiger partial charge is 0.322 e. The van der Waals surface area contributed by atoms with Crippen LogP contribution in [0.1, 0.15) is 19.3 Å². The molecule has 2 bridgehead atoms. The molecule has 3 fully saturated rings. The van der Waals surface area contributed by atoms with E-state index in [9.17, 15) is 9.59 Å². The quantitative estimate of drug-likeness (QED) is 0.878. The minimum Gasteiger partial charge on any atom is -0.370 e. The molecule has 3 aliphatic rings. The molecule has 4 rings (SSSR count). The highest BCUT2D eigenvalue weighted by molar-refractivity contribution is 6.30. The molecule has 0 radical (unpaired) electrons. The van der Waals surface area contributed by atoms with Gasteiger partial charge in [0.2, 0.25) is 5.91 Å². The fourth-order valence-electron chi connectivity index (χ4n) is 3.99. The highest BCUT2D eigenvalue weighted by Crippen LogP contribution is 2.34. The summed E-state index contributed by atoms with van der Waals surface area (Å²) >= 11 is 5.87. The second kappa shape index (κ2) is 6.84. The molecule has 1 N–H and O–H groups in total. The number of fused-ring (bicyclic) bond motifs is 2. The van der Waals surface area contributed by atoms with Crippen LogP contribution in [0, 0.1) is 5.92 Å². The van der Waals surface area contributed by atoms with E-state index in [-0.39, 0.29) is 30.1 Å². The Morgan fingerprint density at radius 3 is 2.52 bits per heavy atom. The lowest BCUT2D eigenvalue weighted by Gasteiger charge is -2.33. The van der Waals surface area contributed by atoms with Crippen molar-refractivity contribution >= 4 is 29.2 Å². The van der Waals surface area contributed by atoms with Gasteiger partial charge in [-0.3, -0.25) is 4.79 Å². The Kier molecular flexibility index (Phi) is 4.56. The number of amides is 3. The molecule has 3 atom stereocenters. The third kappa shape index (κ3) is 3.46. The van der Waals surface area contributed by atoms with Gasteiger partial charge in [-0.15, -0.1) is 0 Å². The van der Waals surface area contributed by atoms with Gasteiger partial charge >= 0.3 is 6.03 Å². The molecule has 6 nitrogen and oxygen atoms in total. The first-order valence-corrected chi connectivity index (χ1v) is 9.24. The highest BCUT2D eigenvalue weighted by atomic mass is 35.5. The molecule has 0 unspecified atom stereocenters. The summed E-state index contributed by atoms with van der Waals surface area (Å²) in [6.07, 6.45) is 2.64. The number of benzene rings is 1. The SMILES string of the molecule is O=C(Nc1ccc(Cl)cc1)N1C[C@H]2C[C@H](C(=O)N3CCCC3)[C@@H](C1)O2. The Labute approximate surface area is 152 Å². The Morgan fingerprint density at radius 2 is 1.80 bits per heavy atom. The van der Waals surface area contributed by atoms with Crippen LogP contribution in [0.2, 0.25) is 5.02 Å². The number of hydrogen-bond donors (Lipinski definition) is 1. The Balaban J connectivity index is 1.38.